The molecule has 1 saturated heterocycles. The highest BCUT2D eigenvalue weighted by atomic mass is 19.1. The number of nitrogens with one attached hydrogen (secondary N) is 1. The molecule has 10 nitrogen and oxygen atoms in total. The van der Waals surface area contributed by atoms with Crippen molar-refractivity contribution in [2.24, 2.45) is 0 Å². The van der Waals surface area contributed by atoms with Gasteiger partial charge >= 0.3 is 0 Å². The quantitative estimate of drug-likeness (QED) is 0.341. The number of rotatable bonds is 6. The second kappa shape index (κ2) is 10.2. The van der Waals surface area contributed by atoms with Crippen molar-refractivity contribution in [1.82, 2.24) is 34.3 Å². The minimum Gasteiger partial charge on any atom is -0.388 e. The molecule has 1 aliphatic rings. The van der Waals surface area contributed by atoms with Gasteiger partial charge in [0.15, 0.2) is 0 Å². The monoisotopic (exact) mass is 541 g/mol. The number of hydrogen-bond acceptors (Lipinski definition) is 6. The van der Waals surface area contributed by atoms with Crippen molar-refractivity contribution in [3.05, 3.63) is 106 Å². The zero-order valence-corrected chi connectivity index (χ0v) is 21.9. The molecule has 2 N–H and O–H groups in total. The number of hydrogen-bond donors (Lipinski definition) is 2. The number of carbonyl (C=O) groups excluding carboxylic acids is 1. The van der Waals surface area contributed by atoms with E-state index in [1.165, 1.54) is 33.7 Å². The summed E-state index contributed by atoms with van der Waals surface area (Å²) in [6.45, 7) is 2.72. The Labute approximate surface area is 228 Å². The van der Waals surface area contributed by atoms with Gasteiger partial charge in [-0.3, -0.25) is 19.3 Å². The summed E-state index contributed by atoms with van der Waals surface area (Å²) in [5.41, 5.74) is 2.10. The molecular weight excluding hydrogens is 513 g/mol. The predicted octanol–water partition coefficient (Wildman–Crippen LogP) is 3.24. The normalized spacial score (nSPS) is 15.8. The van der Waals surface area contributed by atoms with Crippen LogP contribution in [0.15, 0.2) is 78.1 Å². The van der Waals surface area contributed by atoms with E-state index in [1.54, 1.807) is 23.2 Å². The number of H-pyrrole nitrogens is 1. The SMILES string of the molecule is CC(c1ccccc1)c1[nH]ncc1C(=O)N1CCC(O)(Cn2cnn3c(-c4ccc(F)cc4)cnc3c2=O)CC1. The Hall–Kier alpha value is -4.64. The van der Waals surface area contributed by atoms with E-state index in [-0.39, 0.29) is 29.8 Å². The molecule has 11 heteroatoms. The van der Waals surface area contributed by atoms with Gasteiger partial charge in [-0.05, 0) is 42.7 Å². The van der Waals surface area contributed by atoms with Gasteiger partial charge in [0.25, 0.3) is 11.5 Å². The van der Waals surface area contributed by atoms with Crippen molar-refractivity contribution in [3.8, 4) is 11.3 Å². The largest absolute Gasteiger partial charge is 0.388 e. The number of aromatic nitrogens is 6. The van der Waals surface area contributed by atoms with Gasteiger partial charge < -0.3 is 10.0 Å². The summed E-state index contributed by atoms with van der Waals surface area (Å²) < 4.78 is 16.1. The number of halogens is 1. The lowest BCUT2D eigenvalue weighted by Gasteiger charge is -2.38. The molecule has 2 aromatic carbocycles. The van der Waals surface area contributed by atoms with Crippen molar-refractivity contribution in [1.29, 1.82) is 0 Å². The Morgan fingerprint density at radius 2 is 1.82 bits per heavy atom. The Morgan fingerprint density at radius 3 is 2.55 bits per heavy atom. The fourth-order valence-corrected chi connectivity index (χ4v) is 5.31. The van der Waals surface area contributed by atoms with Gasteiger partial charge in [0.1, 0.15) is 12.1 Å². The van der Waals surface area contributed by atoms with Crippen LogP contribution in [-0.4, -0.2) is 64.0 Å². The first-order valence-corrected chi connectivity index (χ1v) is 13.1. The van der Waals surface area contributed by atoms with E-state index in [9.17, 15) is 19.1 Å². The first kappa shape index (κ1) is 25.6. The zero-order chi connectivity index (χ0) is 27.9. The highest BCUT2D eigenvalue weighted by Gasteiger charge is 2.36. The Morgan fingerprint density at radius 1 is 1.10 bits per heavy atom. The standard InChI is InChI=1S/C29H28FN7O3/c1-19(20-5-3-2-4-6-20)25-23(15-32-34-25)27(38)35-13-11-29(40,12-14-35)17-36-18-33-37-24(16-31-26(37)28(36)39)21-7-9-22(30)10-8-21/h2-10,15-16,18-19,40H,11-14,17H2,1H3,(H,32,34). The maximum atomic E-state index is 13.4. The summed E-state index contributed by atoms with van der Waals surface area (Å²) in [7, 11) is 0. The Bertz CT molecular complexity index is 1720. The highest BCUT2D eigenvalue weighted by Crippen LogP contribution is 2.29. The van der Waals surface area contributed by atoms with Gasteiger partial charge in [-0.15, -0.1) is 0 Å². The minimum absolute atomic E-state index is 0.0259. The minimum atomic E-state index is -1.19. The molecule has 0 bridgehead atoms. The number of benzene rings is 2. The number of imidazole rings is 1. The fraction of sp³-hybridized carbons (Fsp3) is 0.276. The average Bonchev–Trinajstić information content (AvgIpc) is 3.63. The van der Waals surface area contributed by atoms with Crippen molar-refractivity contribution in [2.75, 3.05) is 13.1 Å². The van der Waals surface area contributed by atoms with Crippen LogP contribution in [0.3, 0.4) is 0 Å². The summed E-state index contributed by atoms with van der Waals surface area (Å²) in [6, 6.07) is 15.8. The molecule has 1 fully saturated rings. The van der Waals surface area contributed by atoms with Crippen LogP contribution in [0.4, 0.5) is 4.39 Å². The van der Waals surface area contributed by atoms with E-state index in [0.29, 0.717) is 42.8 Å². The summed E-state index contributed by atoms with van der Waals surface area (Å²) in [6.07, 6.45) is 5.05. The van der Waals surface area contributed by atoms with Crippen LogP contribution in [0.5, 0.6) is 0 Å². The summed E-state index contributed by atoms with van der Waals surface area (Å²) in [5, 5.41) is 22.8. The summed E-state index contributed by atoms with van der Waals surface area (Å²) >= 11 is 0. The van der Waals surface area contributed by atoms with E-state index in [2.05, 4.69) is 20.3 Å². The Kier molecular flexibility index (Phi) is 6.51. The molecule has 0 saturated carbocycles. The van der Waals surface area contributed by atoms with Gasteiger partial charge in [-0.25, -0.2) is 13.9 Å². The van der Waals surface area contributed by atoms with Crippen LogP contribution in [0.2, 0.25) is 0 Å². The molecule has 1 amide bonds. The van der Waals surface area contributed by atoms with Gasteiger partial charge in [-0.2, -0.15) is 10.2 Å². The molecule has 6 rings (SSSR count). The van der Waals surface area contributed by atoms with Crippen LogP contribution in [-0.2, 0) is 6.54 Å². The van der Waals surface area contributed by atoms with Crippen LogP contribution in [0, 0.1) is 5.82 Å². The molecule has 0 aliphatic carbocycles. The maximum Gasteiger partial charge on any atom is 0.296 e. The van der Waals surface area contributed by atoms with E-state index in [0.717, 1.165) is 11.3 Å². The van der Waals surface area contributed by atoms with E-state index in [1.807, 2.05) is 37.3 Å². The third-order valence-corrected chi connectivity index (χ3v) is 7.71. The van der Waals surface area contributed by atoms with Gasteiger partial charge in [0, 0.05) is 24.6 Å². The molecule has 0 radical (unpaired) electrons. The number of amides is 1. The van der Waals surface area contributed by atoms with Crippen molar-refractivity contribution < 1.29 is 14.3 Å². The summed E-state index contributed by atoms with van der Waals surface area (Å²) in [4.78, 5) is 32.5. The average molecular weight is 542 g/mol. The number of aliphatic hydroxyl groups is 1. The fourth-order valence-electron chi connectivity index (χ4n) is 5.31. The van der Waals surface area contributed by atoms with Crippen molar-refractivity contribution in [2.45, 2.75) is 37.8 Å². The number of nitrogens with zero attached hydrogens (tertiary/aromatic N) is 6. The first-order chi connectivity index (χ1) is 19.3. The van der Waals surface area contributed by atoms with Crippen LogP contribution >= 0.6 is 0 Å². The molecular formula is C29H28FN7O3. The smallest absolute Gasteiger partial charge is 0.296 e. The molecule has 1 aliphatic heterocycles. The highest BCUT2D eigenvalue weighted by molar-refractivity contribution is 5.95. The number of likely N-dealkylation sites (tertiary alicyclic amines) is 1. The van der Waals surface area contributed by atoms with Gasteiger partial charge in [0.2, 0.25) is 5.65 Å². The van der Waals surface area contributed by atoms with E-state index >= 15 is 0 Å². The number of carbonyl (C=O) groups is 1. The molecule has 1 atom stereocenters. The lowest BCUT2D eigenvalue weighted by Crippen LogP contribution is -2.49. The number of fused-ring (bicyclic) bond motifs is 1. The number of aromatic amines is 1. The van der Waals surface area contributed by atoms with Gasteiger partial charge in [0.05, 0.1) is 41.5 Å². The second-order valence-electron chi connectivity index (χ2n) is 10.3. The Balaban J connectivity index is 1.16. The predicted molar refractivity (Wildman–Crippen MR) is 145 cm³/mol. The van der Waals surface area contributed by atoms with Crippen LogP contribution in [0.25, 0.3) is 16.9 Å². The third-order valence-electron chi connectivity index (χ3n) is 7.71. The van der Waals surface area contributed by atoms with Gasteiger partial charge in [-0.1, -0.05) is 37.3 Å². The second-order valence-corrected chi connectivity index (χ2v) is 10.3. The molecule has 4 heterocycles. The molecule has 40 heavy (non-hydrogen) atoms. The van der Waals surface area contributed by atoms with Crippen molar-refractivity contribution in [3.63, 3.8) is 0 Å². The molecule has 3 aromatic heterocycles. The first-order valence-electron chi connectivity index (χ1n) is 13.1. The van der Waals surface area contributed by atoms with E-state index < -0.39 is 11.2 Å². The van der Waals surface area contributed by atoms with Crippen LogP contribution in [0.1, 0.15) is 47.3 Å². The maximum absolute atomic E-state index is 13.4. The number of piperidine rings is 1. The van der Waals surface area contributed by atoms with Crippen molar-refractivity contribution >= 4 is 11.6 Å². The molecule has 5 aromatic rings. The molecule has 0 spiro atoms. The zero-order valence-electron chi connectivity index (χ0n) is 21.9. The lowest BCUT2D eigenvalue weighted by molar-refractivity contribution is -0.0300. The van der Waals surface area contributed by atoms with Crippen LogP contribution < -0.4 is 5.56 Å². The third kappa shape index (κ3) is 4.68. The topological polar surface area (TPSA) is 121 Å². The summed E-state index contributed by atoms with van der Waals surface area (Å²) in [5.74, 6) is -0.537. The van der Waals surface area contributed by atoms with E-state index in [4.69, 9.17) is 0 Å². The lowest BCUT2D eigenvalue weighted by atomic mass is 9.90. The molecule has 1 unspecified atom stereocenters. The molecule has 204 valence electrons.